The summed E-state index contributed by atoms with van der Waals surface area (Å²) in [7, 11) is 0. The van der Waals surface area contributed by atoms with Crippen LogP contribution < -0.4 is 10.2 Å². The van der Waals surface area contributed by atoms with Crippen LogP contribution in [0, 0.1) is 5.92 Å². The second-order valence-corrected chi connectivity index (χ2v) is 7.42. The molecule has 108 valence electrons. The van der Waals surface area contributed by atoms with Crippen molar-refractivity contribution >= 4 is 17.6 Å². The van der Waals surface area contributed by atoms with Gasteiger partial charge in [-0.25, -0.2) is 0 Å². The van der Waals surface area contributed by atoms with Crippen molar-refractivity contribution in [2.75, 3.05) is 36.0 Å². The van der Waals surface area contributed by atoms with E-state index < -0.39 is 0 Å². The lowest BCUT2D eigenvalue weighted by atomic mass is 9.99. The first-order valence-corrected chi connectivity index (χ1v) is 8.95. The molecule has 1 unspecified atom stereocenters. The van der Waals surface area contributed by atoms with E-state index >= 15 is 0 Å². The van der Waals surface area contributed by atoms with Gasteiger partial charge in [0, 0.05) is 37.3 Å². The maximum Gasteiger partial charge on any atom is 0.151 e. The number of hydrogen-bond donors (Lipinski definition) is 1. The zero-order valence-electron chi connectivity index (χ0n) is 11.8. The second-order valence-electron chi connectivity index (χ2n) is 6.27. The number of fused-ring (bicyclic) bond motifs is 1. The van der Waals surface area contributed by atoms with Gasteiger partial charge in [0.25, 0.3) is 0 Å². The number of aromatic nitrogens is 2. The predicted molar refractivity (Wildman–Crippen MR) is 83.5 cm³/mol. The molecule has 20 heavy (non-hydrogen) atoms. The first kappa shape index (κ1) is 12.9. The number of rotatable bonds is 4. The van der Waals surface area contributed by atoms with Gasteiger partial charge in [0.1, 0.15) is 0 Å². The van der Waals surface area contributed by atoms with Crippen LogP contribution in [-0.4, -0.2) is 47.4 Å². The third kappa shape index (κ3) is 2.53. The van der Waals surface area contributed by atoms with Crippen molar-refractivity contribution in [1.82, 2.24) is 15.5 Å². The van der Waals surface area contributed by atoms with E-state index in [9.17, 15) is 0 Å². The van der Waals surface area contributed by atoms with Crippen molar-refractivity contribution < 1.29 is 0 Å². The lowest BCUT2D eigenvalue weighted by Gasteiger charge is -2.40. The fourth-order valence-electron chi connectivity index (χ4n) is 3.39. The number of nitrogens with one attached hydrogen (secondary N) is 1. The molecule has 3 aliphatic rings. The lowest BCUT2D eigenvalue weighted by molar-refractivity contribution is 0.365. The van der Waals surface area contributed by atoms with Crippen molar-refractivity contribution in [1.29, 1.82) is 0 Å². The van der Waals surface area contributed by atoms with Gasteiger partial charge < -0.3 is 10.2 Å². The molecular weight excluding hydrogens is 268 g/mol. The normalized spacial score (nSPS) is 25.8. The first-order chi connectivity index (χ1) is 9.88. The van der Waals surface area contributed by atoms with E-state index in [0.29, 0.717) is 0 Å². The van der Waals surface area contributed by atoms with Crippen LogP contribution in [0.1, 0.15) is 24.1 Å². The second kappa shape index (κ2) is 5.53. The minimum Gasteiger partial charge on any atom is -0.354 e. The largest absolute Gasteiger partial charge is 0.354 e. The maximum atomic E-state index is 4.40. The summed E-state index contributed by atoms with van der Waals surface area (Å²) in [6, 6.07) is 3.03. The van der Waals surface area contributed by atoms with Gasteiger partial charge in [0.2, 0.25) is 0 Å². The van der Waals surface area contributed by atoms with E-state index in [1.165, 1.54) is 48.6 Å². The molecule has 1 N–H and O–H groups in total. The molecule has 0 spiro atoms. The van der Waals surface area contributed by atoms with E-state index in [1.54, 1.807) is 0 Å². The summed E-state index contributed by atoms with van der Waals surface area (Å²) in [6.45, 7) is 3.45. The Balaban J connectivity index is 1.28. The lowest BCUT2D eigenvalue weighted by Crippen LogP contribution is -2.52. The fraction of sp³-hybridized carbons (Fsp3) is 0.733. The predicted octanol–water partition coefficient (Wildman–Crippen LogP) is 1.50. The molecule has 5 heteroatoms. The summed E-state index contributed by atoms with van der Waals surface area (Å²) in [4.78, 5) is 2.38. The van der Waals surface area contributed by atoms with Crippen molar-refractivity contribution in [2.24, 2.45) is 5.92 Å². The Bertz CT molecular complexity index is 481. The Morgan fingerprint density at radius 3 is 3.10 bits per heavy atom. The third-order valence-electron chi connectivity index (χ3n) is 4.71. The zero-order valence-corrected chi connectivity index (χ0v) is 12.7. The van der Waals surface area contributed by atoms with E-state index in [4.69, 9.17) is 0 Å². The van der Waals surface area contributed by atoms with Crippen LogP contribution in [0.25, 0.3) is 0 Å². The average Bonchev–Trinajstić information content (AvgIpc) is 3.07. The average molecular weight is 290 g/mol. The highest BCUT2D eigenvalue weighted by Crippen LogP contribution is 2.27. The van der Waals surface area contributed by atoms with Gasteiger partial charge in [-0.2, -0.15) is 16.9 Å². The molecule has 4 nitrogen and oxygen atoms in total. The van der Waals surface area contributed by atoms with Crippen LogP contribution in [0.3, 0.4) is 0 Å². The monoisotopic (exact) mass is 290 g/mol. The molecule has 2 aliphatic heterocycles. The molecule has 0 aromatic carbocycles. The molecule has 3 heterocycles. The van der Waals surface area contributed by atoms with Crippen LogP contribution in [-0.2, 0) is 12.8 Å². The van der Waals surface area contributed by atoms with Crippen molar-refractivity contribution in [2.45, 2.75) is 31.7 Å². The highest BCUT2D eigenvalue weighted by atomic mass is 32.2. The van der Waals surface area contributed by atoms with Gasteiger partial charge in [0.05, 0.1) is 5.69 Å². The standard InChI is InChI=1S/C15H22N4S/c1-2-12-6-15(18-17-14(12)3-1)19-8-11(9-19)7-16-13-4-5-20-10-13/h6,11,13,16H,1-5,7-10H2. The summed E-state index contributed by atoms with van der Waals surface area (Å²) in [6.07, 6.45) is 4.90. The minimum absolute atomic E-state index is 0.758. The molecule has 1 aliphatic carbocycles. The van der Waals surface area contributed by atoms with E-state index in [-0.39, 0.29) is 0 Å². The van der Waals surface area contributed by atoms with Crippen molar-refractivity contribution in [3.05, 3.63) is 17.3 Å². The molecule has 2 fully saturated rings. The van der Waals surface area contributed by atoms with Crippen LogP contribution in [0.2, 0.25) is 0 Å². The van der Waals surface area contributed by atoms with Gasteiger partial charge in [-0.1, -0.05) is 0 Å². The highest BCUT2D eigenvalue weighted by molar-refractivity contribution is 7.99. The Morgan fingerprint density at radius 2 is 2.25 bits per heavy atom. The van der Waals surface area contributed by atoms with Gasteiger partial charge in [-0.15, -0.1) is 5.10 Å². The molecule has 1 aromatic heterocycles. The molecule has 4 rings (SSSR count). The molecule has 0 bridgehead atoms. The van der Waals surface area contributed by atoms with Gasteiger partial charge in [-0.05, 0) is 43.1 Å². The van der Waals surface area contributed by atoms with Crippen molar-refractivity contribution in [3.8, 4) is 0 Å². The van der Waals surface area contributed by atoms with Crippen LogP contribution in [0.15, 0.2) is 6.07 Å². The minimum atomic E-state index is 0.758. The zero-order chi connectivity index (χ0) is 13.4. The quantitative estimate of drug-likeness (QED) is 0.910. The number of thioether (sulfide) groups is 1. The van der Waals surface area contributed by atoms with Crippen LogP contribution >= 0.6 is 11.8 Å². The topological polar surface area (TPSA) is 41.0 Å². The number of nitrogens with zero attached hydrogens (tertiary/aromatic N) is 3. The smallest absolute Gasteiger partial charge is 0.151 e. The Hall–Kier alpha value is -0.810. The number of anilines is 1. The van der Waals surface area contributed by atoms with E-state index in [2.05, 4.69) is 38.2 Å². The molecule has 2 saturated heterocycles. The summed E-state index contributed by atoms with van der Waals surface area (Å²) in [5.74, 6) is 4.51. The summed E-state index contributed by atoms with van der Waals surface area (Å²) in [5, 5.41) is 12.5. The van der Waals surface area contributed by atoms with Crippen LogP contribution in [0.5, 0.6) is 0 Å². The third-order valence-corrected chi connectivity index (χ3v) is 5.88. The Labute approximate surface area is 124 Å². The first-order valence-electron chi connectivity index (χ1n) is 7.80. The fourth-order valence-corrected chi connectivity index (χ4v) is 4.57. The molecule has 0 radical (unpaired) electrons. The van der Waals surface area contributed by atoms with Crippen LogP contribution in [0.4, 0.5) is 5.82 Å². The molecule has 0 amide bonds. The SMILES string of the molecule is c1c(N2CC(CNC3CCSC3)C2)nnc2c1CCC2. The highest BCUT2D eigenvalue weighted by Gasteiger charge is 2.29. The van der Waals surface area contributed by atoms with Gasteiger partial charge in [-0.3, -0.25) is 0 Å². The molecule has 1 aromatic rings. The molecule has 0 saturated carbocycles. The Morgan fingerprint density at radius 1 is 1.30 bits per heavy atom. The van der Waals surface area contributed by atoms with Crippen molar-refractivity contribution in [3.63, 3.8) is 0 Å². The number of aryl methyl sites for hydroxylation is 2. The van der Waals surface area contributed by atoms with E-state index in [1.807, 2.05) is 0 Å². The summed E-state index contributed by atoms with van der Waals surface area (Å²) < 4.78 is 0. The number of hydrogen-bond acceptors (Lipinski definition) is 5. The van der Waals surface area contributed by atoms with Gasteiger partial charge in [0.15, 0.2) is 5.82 Å². The Kier molecular flexibility index (Phi) is 3.56. The molecule has 1 atom stereocenters. The summed E-state index contributed by atoms with van der Waals surface area (Å²) >= 11 is 2.08. The van der Waals surface area contributed by atoms with Gasteiger partial charge >= 0.3 is 0 Å². The molecular formula is C15H22N4S. The van der Waals surface area contributed by atoms with E-state index in [0.717, 1.165) is 37.3 Å². The maximum absolute atomic E-state index is 4.40. The summed E-state index contributed by atoms with van der Waals surface area (Å²) in [5.41, 5.74) is 2.66.